The summed E-state index contributed by atoms with van der Waals surface area (Å²) in [5, 5.41) is 0. The van der Waals surface area contributed by atoms with Crippen LogP contribution in [0.3, 0.4) is 0 Å². The molecule has 0 aromatic heterocycles. The van der Waals surface area contributed by atoms with E-state index in [1.54, 1.807) is 0 Å². The predicted molar refractivity (Wildman–Crippen MR) is 70.4 cm³/mol. The van der Waals surface area contributed by atoms with Gasteiger partial charge in [-0.3, -0.25) is 4.21 Å². The molecule has 1 atom stereocenters. The van der Waals surface area contributed by atoms with Gasteiger partial charge in [0.2, 0.25) is 0 Å². The molecule has 0 radical (unpaired) electrons. The average molecular weight is 335 g/mol. The van der Waals surface area contributed by atoms with Gasteiger partial charge < -0.3 is 4.55 Å². The highest BCUT2D eigenvalue weighted by atomic mass is 127. The molecule has 0 N–H and O–H groups in total. The standard InChI is InChI=1S/C11H13IO2S/c12-11-7-5-10(6-8-11)4-2-1-3-9-15(13)14/h1-2,5-8H,3-4,9H2,(H,13,14)/p-1. The molecule has 0 bridgehead atoms. The van der Waals surface area contributed by atoms with Gasteiger partial charge in [0.1, 0.15) is 0 Å². The van der Waals surface area contributed by atoms with Crippen molar-refractivity contribution in [2.45, 2.75) is 12.8 Å². The van der Waals surface area contributed by atoms with Gasteiger partial charge in [0.15, 0.2) is 0 Å². The molecule has 1 rings (SSSR count). The summed E-state index contributed by atoms with van der Waals surface area (Å²) >= 11 is 0.349. The van der Waals surface area contributed by atoms with E-state index < -0.39 is 11.1 Å². The van der Waals surface area contributed by atoms with Crippen molar-refractivity contribution in [2.75, 3.05) is 5.75 Å². The Morgan fingerprint density at radius 1 is 1.27 bits per heavy atom. The minimum absolute atomic E-state index is 0.211. The number of hydrogen-bond donors (Lipinski definition) is 0. The van der Waals surface area contributed by atoms with Crippen LogP contribution in [0.15, 0.2) is 36.4 Å². The van der Waals surface area contributed by atoms with Crippen LogP contribution >= 0.6 is 22.6 Å². The van der Waals surface area contributed by atoms with Crippen LogP contribution in [0.25, 0.3) is 0 Å². The lowest BCUT2D eigenvalue weighted by molar-refractivity contribution is 0.537. The highest BCUT2D eigenvalue weighted by molar-refractivity contribution is 14.1. The van der Waals surface area contributed by atoms with Gasteiger partial charge in [0, 0.05) is 9.32 Å². The fraction of sp³-hybridized carbons (Fsp3) is 0.273. The third-order valence-corrected chi connectivity index (χ3v) is 3.17. The maximum Gasteiger partial charge on any atom is 0.0136 e. The first-order valence-corrected chi connectivity index (χ1v) is 6.96. The summed E-state index contributed by atoms with van der Waals surface area (Å²) in [4.78, 5) is 0. The van der Waals surface area contributed by atoms with Gasteiger partial charge >= 0.3 is 0 Å². The maximum absolute atomic E-state index is 10.2. The summed E-state index contributed by atoms with van der Waals surface area (Å²) in [6, 6.07) is 8.29. The molecule has 0 amide bonds. The zero-order chi connectivity index (χ0) is 11.1. The Balaban J connectivity index is 2.30. The second-order valence-corrected chi connectivity index (χ2v) is 5.36. The van der Waals surface area contributed by atoms with Crippen molar-refractivity contribution in [2.24, 2.45) is 0 Å². The second kappa shape index (κ2) is 7.14. The van der Waals surface area contributed by atoms with Gasteiger partial charge in [-0.15, -0.1) is 0 Å². The lowest BCUT2D eigenvalue weighted by atomic mass is 10.1. The molecule has 0 aliphatic carbocycles. The molecule has 1 unspecified atom stereocenters. The molecule has 1 aromatic carbocycles. The molecule has 0 heterocycles. The number of benzene rings is 1. The monoisotopic (exact) mass is 335 g/mol. The van der Waals surface area contributed by atoms with E-state index in [4.69, 9.17) is 0 Å². The van der Waals surface area contributed by atoms with Gasteiger partial charge in [0.25, 0.3) is 0 Å². The molecule has 0 saturated heterocycles. The van der Waals surface area contributed by atoms with Gasteiger partial charge in [0.05, 0.1) is 0 Å². The smallest absolute Gasteiger partial charge is 0.0136 e. The summed E-state index contributed by atoms with van der Waals surface area (Å²) < 4.78 is 21.7. The van der Waals surface area contributed by atoms with Crippen molar-refractivity contribution in [3.63, 3.8) is 0 Å². The molecule has 15 heavy (non-hydrogen) atoms. The van der Waals surface area contributed by atoms with E-state index >= 15 is 0 Å². The Labute approximate surface area is 106 Å². The largest absolute Gasteiger partial charge is 0.772 e. The topological polar surface area (TPSA) is 40.1 Å². The van der Waals surface area contributed by atoms with Crippen molar-refractivity contribution in [1.82, 2.24) is 0 Å². The SMILES string of the molecule is O=S([O-])CCC=CCc1ccc(I)cc1. The van der Waals surface area contributed by atoms with E-state index in [1.165, 1.54) is 9.13 Å². The van der Waals surface area contributed by atoms with E-state index in [-0.39, 0.29) is 5.75 Å². The molecule has 0 saturated carbocycles. The molecule has 1 aromatic rings. The maximum atomic E-state index is 10.2. The molecule has 82 valence electrons. The van der Waals surface area contributed by atoms with Crippen LogP contribution in [0.4, 0.5) is 0 Å². The van der Waals surface area contributed by atoms with Crippen LogP contribution in [0, 0.1) is 3.57 Å². The Morgan fingerprint density at radius 3 is 2.53 bits per heavy atom. The van der Waals surface area contributed by atoms with Crippen LogP contribution in [0.1, 0.15) is 12.0 Å². The zero-order valence-corrected chi connectivity index (χ0v) is 11.2. The number of halogens is 1. The quantitative estimate of drug-likeness (QED) is 0.472. The molecule has 0 fully saturated rings. The number of allylic oxidation sites excluding steroid dienone is 2. The predicted octanol–water partition coefficient (Wildman–Crippen LogP) is 2.66. The highest BCUT2D eigenvalue weighted by Crippen LogP contribution is 2.07. The van der Waals surface area contributed by atoms with Crippen LogP contribution < -0.4 is 0 Å². The summed E-state index contributed by atoms with van der Waals surface area (Å²) in [6.07, 6.45) is 5.38. The van der Waals surface area contributed by atoms with E-state index in [0.29, 0.717) is 6.42 Å². The summed E-state index contributed by atoms with van der Waals surface area (Å²) in [5.41, 5.74) is 1.25. The molecule has 2 nitrogen and oxygen atoms in total. The summed E-state index contributed by atoms with van der Waals surface area (Å²) in [5.74, 6) is 0.211. The minimum atomic E-state index is -1.92. The lowest BCUT2D eigenvalue weighted by Crippen LogP contribution is -1.92. The molecule has 0 spiro atoms. The summed E-state index contributed by atoms with van der Waals surface area (Å²) in [7, 11) is 0. The van der Waals surface area contributed by atoms with E-state index in [2.05, 4.69) is 46.9 Å². The Bertz CT molecular complexity index is 346. The lowest BCUT2D eigenvalue weighted by Gasteiger charge is -2.00. The first-order chi connectivity index (χ1) is 7.18. The van der Waals surface area contributed by atoms with E-state index in [0.717, 1.165) is 6.42 Å². The fourth-order valence-corrected chi connectivity index (χ4v) is 1.81. The summed E-state index contributed by atoms with van der Waals surface area (Å²) in [6.45, 7) is 0. The van der Waals surface area contributed by atoms with E-state index in [9.17, 15) is 8.76 Å². The number of rotatable bonds is 5. The van der Waals surface area contributed by atoms with Crippen molar-refractivity contribution >= 4 is 33.7 Å². The molecule has 0 aliphatic rings. The molecular formula is C11H12IO2S-. The van der Waals surface area contributed by atoms with Gasteiger partial charge in [-0.25, -0.2) is 0 Å². The Kier molecular flexibility index (Phi) is 6.12. The third kappa shape index (κ3) is 6.06. The van der Waals surface area contributed by atoms with Crippen molar-refractivity contribution in [1.29, 1.82) is 0 Å². The van der Waals surface area contributed by atoms with Crippen molar-refractivity contribution in [3.05, 3.63) is 45.6 Å². The first kappa shape index (κ1) is 12.9. The van der Waals surface area contributed by atoms with Gasteiger partial charge in [-0.05, 0) is 53.1 Å². The van der Waals surface area contributed by atoms with Gasteiger partial charge in [-0.2, -0.15) is 0 Å². The van der Waals surface area contributed by atoms with Crippen LogP contribution in [-0.2, 0) is 17.5 Å². The third-order valence-electron chi connectivity index (χ3n) is 1.88. The zero-order valence-electron chi connectivity index (χ0n) is 8.19. The van der Waals surface area contributed by atoms with Crippen LogP contribution in [-0.4, -0.2) is 14.5 Å². The molecule has 4 heteroatoms. The van der Waals surface area contributed by atoms with Crippen molar-refractivity contribution in [3.8, 4) is 0 Å². The average Bonchev–Trinajstić information content (AvgIpc) is 2.20. The number of hydrogen-bond acceptors (Lipinski definition) is 2. The fourth-order valence-electron chi connectivity index (χ4n) is 1.12. The minimum Gasteiger partial charge on any atom is -0.772 e. The Morgan fingerprint density at radius 2 is 1.93 bits per heavy atom. The normalized spacial score (nSPS) is 13.2. The van der Waals surface area contributed by atoms with Crippen molar-refractivity contribution < 1.29 is 8.76 Å². The second-order valence-electron chi connectivity index (χ2n) is 3.10. The first-order valence-electron chi connectivity index (χ1n) is 4.64. The van der Waals surface area contributed by atoms with Crippen LogP contribution in [0.2, 0.25) is 0 Å². The van der Waals surface area contributed by atoms with Crippen LogP contribution in [0.5, 0.6) is 0 Å². The molecule has 0 aliphatic heterocycles. The van der Waals surface area contributed by atoms with Gasteiger partial charge in [-0.1, -0.05) is 35.4 Å². The van der Waals surface area contributed by atoms with E-state index in [1.807, 2.05) is 12.2 Å². The molecular weight excluding hydrogens is 323 g/mol. The Hall–Kier alpha value is -0.200. The highest BCUT2D eigenvalue weighted by Gasteiger charge is 1.89.